The molecule has 0 amide bonds. The lowest BCUT2D eigenvalue weighted by Crippen LogP contribution is -2.49. The van der Waals surface area contributed by atoms with Crippen molar-refractivity contribution in [3.63, 3.8) is 0 Å². The SMILES string of the molecule is Cc1ccc(S(=O)(=O)N(C)[C@@H]2C[C@@H](C3OCCO3)CC[C@H]2O)cc1. The van der Waals surface area contributed by atoms with Gasteiger partial charge in [-0.05, 0) is 38.3 Å². The molecule has 1 aliphatic carbocycles. The van der Waals surface area contributed by atoms with Crippen LogP contribution in [0, 0.1) is 12.8 Å². The highest BCUT2D eigenvalue weighted by Crippen LogP contribution is 2.34. The lowest BCUT2D eigenvalue weighted by molar-refractivity contribution is -0.108. The maximum absolute atomic E-state index is 12.9. The first kappa shape index (κ1) is 17.8. The Bertz CT molecular complexity index is 654. The Morgan fingerprint density at radius 2 is 1.75 bits per heavy atom. The van der Waals surface area contributed by atoms with E-state index >= 15 is 0 Å². The molecule has 1 saturated carbocycles. The van der Waals surface area contributed by atoms with Crippen molar-refractivity contribution in [3.05, 3.63) is 29.8 Å². The second kappa shape index (κ2) is 7.09. The average Bonchev–Trinajstić information content (AvgIpc) is 3.09. The van der Waals surface area contributed by atoms with Crippen molar-refractivity contribution >= 4 is 10.0 Å². The topological polar surface area (TPSA) is 76.1 Å². The molecule has 3 atom stereocenters. The fourth-order valence-corrected chi connectivity index (χ4v) is 4.90. The van der Waals surface area contributed by atoms with Gasteiger partial charge < -0.3 is 14.6 Å². The Morgan fingerprint density at radius 1 is 1.12 bits per heavy atom. The van der Waals surface area contributed by atoms with Crippen LogP contribution in [0.1, 0.15) is 24.8 Å². The molecule has 7 heteroatoms. The molecular formula is C17H25NO5S. The van der Waals surface area contributed by atoms with Gasteiger partial charge in [-0.2, -0.15) is 4.31 Å². The Balaban J connectivity index is 1.78. The molecule has 6 nitrogen and oxygen atoms in total. The number of ether oxygens (including phenoxy) is 2. The van der Waals surface area contributed by atoms with Gasteiger partial charge in [0, 0.05) is 13.0 Å². The minimum atomic E-state index is -3.64. The second-order valence-corrected chi connectivity index (χ2v) is 8.65. The van der Waals surface area contributed by atoms with Gasteiger partial charge in [0.25, 0.3) is 0 Å². The van der Waals surface area contributed by atoms with Crippen LogP contribution in [-0.4, -0.2) is 56.5 Å². The third kappa shape index (κ3) is 3.50. The highest BCUT2D eigenvalue weighted by molar-refractivity contribution is 7.89. The molecule has 1 N–H and O–H groups in total. The maximum atomic E-state index is 12.9. The van der Waals surface area contributed by atoms with Gasteiger partial charge in [-0.25, -0.2) is 8.42 Å². The van der Waals surface area contributed by atoms with Crippen LogP contribution in [-0.2, 0) is 19.5 Å². The fourth-order valence-electron chi connectivity index (χ4n) is 3.50. The smallest absolute Gasteiger partial charge is 0.243 e. The highest BCUT2D eigenvalue weighted by Gasteiger charge is 2.41. The Kier molecular flexibility index (Phi) is 5.27. The van der Waals surface area contributed by atoms with Crippen LogP contribution in [0.4, 0.5) is 0 Å². The molecular weight excluding hydrogens is 330 g/mol. The van der Waals surface area contributed by atoms with Crippen LogP contribution in [0.15, 0.2) is 29.2 Å². The van der Waals surface area contributed by atoms with Gasteiger partial charge in [-0.1, -0.05) is 17.7 Å². The van der Waals surface area contributed by atoms with Gasteiger partial charge in [0.05, 0.1) is 30.3 Å². The molecule has 1 heterocycles. The molecule has 0 aromatic heterocycles. The molecule has 2 fully saturated rings. The normalized spacial score (nSPS) is 29.2. The quantitative estimate of drug-likeness (QED) is 0.886. The predicted molar refractivity (Wildman–Crippen MR) is 89.0 cm³/mol. The number of rotatable bonds is 4. The molecule has 0 bridgehead atoms. The third-order valence-corrected chi connectivity index (χ3v) is 6.92. The average molecular weight is 355 g/mol. The van der Waals surface area contributed by atoms with Crippen LogP contribution >= 0.6 is 0 Å². The van der Waals surface area contributed by atoms with E-state index in [4.69, 9.17) is 9.47 Å². The summed E-state index contributed by atoms with van der Waals surface area (Å²) in [7, 11) is -2.10. The van der Waals surface area contributed by atoms with Crippen LogP contribution in [0.25, 0.3) is 0 Å². The summed E-state index contributed by atoms with van der Waals surface area (Å²) < 4.78 is 38.2. The van der Waals surface area contributed by atoms with Crippen LogP contribution in [0.3, 0.4) is 0 Å². The summed E-state index contributed by atoms with van der Waals surface area (Å²) in [5.41, 5.74) is 1.00. The van der Waals surface area contributed by atoms with Crippen molar-refractivity contribution in [2.24, 2.45) is 5.92 Å². The second-order valence-electron chi connectivity index (χ2n) is 6.65. The largest absolute Gasteiger partial charge is 0.391 e. The summed E-state index contributed by atoms with van der Waals surface area (Å²) in [5, 5.41) is 10.4. The molecule has 1 aliphatic heterocycles. The molecule has 24 heavy (non-hydrogen) atoms. The highest BCUT2D eigenvalue weighted by atomic mass is 32.2. The van der Waals surface area contributed by atoms with Crippen LogP contribution in [0.2, 0.25) is 0 Å². The summed E-state index contributed by atoms with van der Waals surface area (Å²) in [4.78, 5) is 0.248. The minimum absolute atomic E-state index is 0.108. The van der Waals surface area contributed by atoms with Crippen molar-refractivity contribution in [2.75, 3.05) is 20.3 Å². The summed E-state index contributed by atoms with van der Waals surface area (Å²) in [5.74, 6) is 0.108. The summed E-state index contributed by atoms with van der Waals surface area (Å²) in [6.45, 7) is 3.06. The van der Waals surface area contributed by atoms with E-state index in [1.165, 1.54) is 4.31 Å². The zero-order valence-corrected chi connectivity index (χ0v) is 14.9. The van der Waals surface area contributed by atoms with Gasteiger partial charge in [0.2, 0.25) is 10.0 Å². The monoisotopic (exact) mass is 355 g/mol. The van der Waals surface area contributed by atoms with Gasteiger partial charge in [-0.15, -0.1) is 0 Å². The van der Waals surface area contributed by atoms with E-state index in [0.717, 1.165) is 12.0 Å². The van der Waals surface area contributed by atoms with Crippen molar-refractivity contribution in [1.82, 2.24) is 4.31 Å². The van der Waals surface area contributed by atoms with E-state index in [1.807, 2.05) is 6.92 Å². The minimum Gasteiger partial charge on any atom is -0.391 e. The molecule has 1 saturated heterocycles. The number of aliphatic hydroxyl groups excluding tert-OH is 1. The van der Waals surface area contributed by atoms with Gasteiger partial charge in [0.15, 0.2) is 6.29 Å². The molecule has 2 aliphatic rings. The molecule has 134 valence electrons. The number of likely N-dealkylation sites (N-methyl/N-ethyl adjacent to an activating group) is 1. The van der Waals surface area contributed by atoms with Crippen LogP contribution < -0.4 is 0 Å². The molecule has 1 aromatic carbocycles. The molecule has 0 radical (unpaired) electrons. The Labute approximate surface area is 143 Å². The summed E-state index contributed by atoms with van der Waals surface area (Å²) >= 11 is 0. The van der Waals surface area contributed by atoms with Gasteiger partial charge in [0.1, 0.15) is 0 Å². The number of sulfonamides is 1. The van der Waals surface area contributed by atoms with Gasteiger partial charge in [-0.3, -0.25) is 0 Å². The summed E-state index contributed by atoms with van der Waals surface area (Å²) in [6.07, 6.45) is 0.906. The predicted octanol–water partition coefficient (Wildman–Crippen LogP) is 1.52. The number of aliphatic hydroxyl groups is 1. The number of hydrogen-bond donors (Lipinski definition) is 1. The first-order valence-electron chi connectivity index (χ1n) is 8.35. The van der Waals surface area contributed by atoms with E-state index in [1.54, 1.807) is 31.3 Å². The standard InChI is InChI=1S/C17H25NO5S/c1-12-3-6-14(7-4-12)24(20,21)18(2)15-11-13(5-8-16(15)19)17-22-9-10-23-17/h3-4,6-7,13,15-17,19H,5,8-11H2,1-2H3/t13-,15+,16+/m0/s1. The van der Waals surface area contributed by atoms with E-state index < -0.39 is 22.2 Å². The Hall–Kier alpha value is -0.990. The third-order valence-electron chi connectivity index (χ3n) is 5.02. The van der Waals surface area contributed by atoms with Crippen LogP contribution in [0.5, 0.6) is 0 Å². The number of benzene rings is 1. The van der Waals surface area contributed by atoms with E-state index in [2.05, 4.69) is 0 Å². The number of hydrogen-bond acceptors (Lipinski definition) is 5. The molecule has 1 aromatic rings. The molecule has 0 unspecified atom stereocenters. The number of nitrogens with zero attached hydrogens (tertiary/aromatic N) is 1. The summed E-state index contributed by atoms with van der Waals surface area (Å²) in [6, 6.07) is 6.30. The zero-order chi connectivity index (χ0) is 17.3. The Morgan fingerprint density at radius 3 is 2.38 bits per heavy atom. The van der Waals surface area contributed by atoms with E-state index in [0.29, 0.717) is 26.1 Å². The van der Waals surface area contributed by atoms with E-state index in [9.17, 15) is 13.5 Å². The van der Waals surface area contributed by atoms with Crippen molar-refractivity contribution < 1.29 is 23.0 Å². The van der Waals surface area contributed by atoms with Crippen molar-refractivity contribution in [2.45, 2.75) is 49.5 Å². The van der Waals surface area contributed by atoms with Crippen molar-refractivity contribution in [1.29, 1.82) is 0 Å². The zero-order valence-electron chi connectivity index (χ0n) is 14.1. The number of aryl methyl sites for hydroxylation is 1. The molecule has 0 spiro atoms. The first-order chi connectivity index (χ1) is 11.4. The first-order valence-corrected chi connectivity index (χ1v) is 9.79. The van der Waals surface area contributed by atoms with Gasteiger partial charge >= 0.3 is 0 Å². The fraction of sp³-hybridized carbons (Fsp3) is 0.647. The lowest BCUT2D eigenvalue weighted by atomic mass is 9.83. The van der Waals surface area contributed by atoms with Crippen molar-refractivity contribution in [3.8, 4) is 0 Å². The van der Waals surface area contributed by atoms with E-state index in [-0.39, 0.29) is 17.1 Å². The lowest BCUT2D eigenvalue weighted by Gasteiger charge is -2.39. The molecule has 3 rings (SSSR count). The maximum Gasteiger partial charge on any atom is 0.243 e.